The van der Waals surface area contributed by atoms with Gasteiger partial charge in [-0.25, -0.2) is 0 Å². The zero-order valence-electron chi connectivity index (χ0n) is 10.7. The third-order valence-corrected chi connectivity index (χ3v) is 2.81. The number of nitrogen functional groups attached to an aromatic ring is 1. The number of hydrogen-bond acceptors (Lipinski definition) is 4. The van der Waals surface area contributed by atoms with Crippen LogP contribution in [0.5, 0.6) is 11.6 Å². The predicted molar refractivity (Wildman–Crippen MR) is 78.4 cm³/mol. The fourth-order valence-electron chi connectivity index (χ4n) is 1.88. The third-order valence-electron chi connectivity index (χ3n) is 2.81. The molecule has 0 atom stereocenters. The van der Waals surface area contributed by atoms with Gasteiger partial charge in [-0.05, 0) is 23.3 Å². The van der Waals surface area contributed by atoms with Crippen LogP contribution in [0.3, 0.4) is 0 Å². The van der Waals surface area contributed by atoms with Gasteiger partial charge in [-0.3, -0.25) is 4.98 Å². The SMILES string of the molecule is Nc1cncc(Oc2ccc(-c3ccccc3)cc2)n1. The van der Waals surface area contributed by atoms with Crippen molar-refractivity contribution in [3.05, 3.63) is 67.0 Å². The second-order valence-electron chi connectivity index (χ2n) is 4.27. The highest BCUT2D eigenvalue weighted by atomic mass is 16.5. The van der Waals surface area contributed by atoms with Crippen molar-refractivity contribution in [3.63, 3.8) is 0 Å². The summed E-state index contributed by atoms with van der Waals surface area (Å²) in [5.74, 6) is 1.42. The molecule has 1 aromatic heterocycles. The van der Waals surface area contributed by atoms with E-state index in [0.29, 0.717) is 17.4 Å². The van der Waals surface area contributed by atoms with Crippen LogP contribution >= 0.6 is 0 Å². The Bertz CT molecular complexity index is 696. The normalized spacial score (nSPS) is 10.2. The molecule has 0 aliphatic rings. The van der Waals surface area contributed by atoms with Crippen LogP contribution in [0.25, 0.3) is 11.1 Å². The highest BCUT2D eigenvalue weighted by Gasteiger charge is 2.01. The van der Waals surface area contributed by atoms with Crippen LogP contribution < -0.4 is 10.5 Å². The Morgan fingerprint density at radius 1 is 0.800 bits per heavy atom. The largest absolute Gasteiger partial charge is 0.437 e. The van der Waals surface area contributed by atoms with Crippen molar-refractivity contribution in [3.8, 4) is 22.8 Å². The van der Waals surface area contributed by atoms with Gasteiger partial charge in [0.25, 0.3) is 0 Å². The number of anilines is 1. The maximum Gasteiger partial charge on any atom is 0.239 e. The van der Waals surface area contributed by atoms with Crippen LogP contribution in [0, 0.1) is 0 Å². The van der Waals surface area contributed by atoms with E-state index in [4.69, 9.17) is 10.5 Å². The maximum atomic E-state index is 5.60. The van der Waals surface area contributed by atoms with Crippen LogP contribution in [-0.2, 0) is 0 Å². The number of aromatic nitrogens is 2. The van der Waals surface area contributed by atoms with Crippen molar-refractivity contribution in [1.29, 1.82) is 0 Å². The summed E-state index contributed by atoms with van der Waals surface area (Å²) in [7, 11) is 0. The summed E-state index contributed by atoms with van der Waals surface area (Å²) in [5, 5.41) is 0. The zero-order chi connectivity index (χ0) is 13.8. The highest BCUT2D eigenvalue weighted by Crippen LogP contribution is 2.24. The molecule has 20 heavy (non-hydrogen) atoms. The molecule has 4 heteroatoms. The molecule has 0 fully saturated rings. The molecule has 98 valence electrons. The van der Waals surface area contributed by atoms with E-state index in [9.17, 15) is 0 Å². The van der Waals surface area contributed by atoms with Gasteiger partial charge in [0.1, 0.15) is 11.6 Å². The monoisotopic (exact) mass is 263 g/mol. The number of benzene rings is 2. The number of ether oxygens (including phenoxy) is 1. The molecule has 0 aliphatic heterocycles. The van der Waals surface area contributed by atoms with Crippen molar-refractivity contribution in [2.24, 2.45) is 0 Å². The number of nitrogens with zero attached hydrogens (tertiary/aromatic N) is 2. The molecule has 3 aromatic rings. The topological polar surface area (TPSA) is 61.0 Å². The molecule has 0 saturated heterocycles. The third kappa shape index (κ3) is 2.75. The zero-order valence-corrected chi connectivity index (χ0v) is 10.7. The summed E-state index contributed by atoms with van der Waals surface area (Å²) in [6.45, 7) is 0. The Hall–Kier alpha value is -2.88. The van der Waals surface area contributed by atoms with Crippen LogP contribution in [0.4, 0.5) is 5.82 Å². The quantitative estimate of drug-likeness (QED) is 0.785. The molecule has 3 rings (SSSR count). The first-order valence-corrected chi connectivity index (χ1v) is 6.22. The molecule has 2 N–H and O–H groups in total. The van der Waals surface area contributed by atoms with Crippen molar-refractivity contribution in [2.45, 2.75) is 0 Å². The maximum absolute atomic E-state index is 5.60. The molecular formula is C16H13N3O. The van der Waals surface area contributed by atoms with E-state index in [2.05, 4.69) is 22.1 Å². The van der Waals surface area contributed by atoms with Crippen molar-refractivity contribution in [2.75, 3.05) is 5.73 Å². The fourth-order valence-corrected chi connectivity index (χ4v) is 1.88. The van der Waals surface area contributed by atoms with Gasteiger partial charge in [-0.2, -0.15) is 4.98 Å². The van der Waals surface area contributed by atoms with E-state index < -0.39 is 0 Å². The Labute approximate surface area is 116 Å². The first-order chi connectivity index (χ1) is 9.81. The summed E-state index contributed by atoms with van der Waals surface area (Å²) >= 11 is 0. The average molecular weight is 263 g/mol. The average Bonchev–Trinajstić information content (AvgIpc) is 2.49. The molecule has 0 radical (unpaired) electrons. The van der Waals surface area contributed by atoms with Crippen molar-refractivity contribution in [1.82, 2.24) is 9.97 Å². The van der Waals surface area contributed by atoms with Gasteiger partial charge in [0.2, 0.25) is 5.88 Å². The molecule has 0 aliphatic carbocycles. The van der Waals surface area contributed by atoms with Crippen molar-refractivity contribution < 1.29 is 4.74 Å². The summed E-state index contributed by atoms with van der Waals surface area (Å²) in [4.78, 5) is 7.98. The molecule has 0 saturated carbocycles. The molecule has 0 amide bonds. The minimum absolute atomic E-state index is 0.336. The van der Waals surface area contributed by atoms with E-state index in [1.54, 1.807) is 0 Å². The molecule has 4 nitrogen and oxygen atoms in total. The highest BCUT2D eigenvalue weighted by molar-refractivity contribution is 5.63. The summed E-state index contributed by atoms with van der Waals surface area (Å²) in [6, 6.07) is 18.0. The lowest BCUT2D eigenvalue weighted by molar-refractivity contribution is 0.461. The molecule has 1 heterocycles. The van der Waals surface area contributed by atoms with Gasteiger partial charge < -0.3 is 10.5 Å². The Kier molecular flexibility index (Phi) is 3.29. The van der Waals surface area contributed by atoms with Crippen molar-refractivity contribution >= 4 is 5.82 Å². The van der Waals surface area contributed by atoms with Gasteiger partial charge in [-0.1, -0.05) is 42.5 Å². The van der Waals surface area contributed by atoms with E-state index in [0.717, 1.165) is 5.56 Å². The van der Waals surface area contributed by atoms with E-state index in [-0.39, 0.29) is 0 Å². The standard InChI is InChI=1S/C16H13N3O/c17-15-10-18-11-16(19-15)20-14-8-6-13(7-9-14)12-4-2-1-3-5-12/h1-11H,(H2,17,19). The van der Waals surface area contributed by atoms with Gasteiger partial charge in [0.05, 0.1) is 12.4 Å². The first kappa shape index (κ1) is 12.2. The number of hydrogen-bond donors (Lipinski definition) is 1. The lowest BCUT2D eigenvalue weighted by atomic mass is 10.1. The molecular weight excluding hydrogens is 250 g/mol. The molecule has 0 spiro atoms. The first-order valence-electron chi connectivity index (χ1n) is 6.22. The smallest absolute Gasteiger partial charge is 0.239 e. The second kappa shape index (κ2) is 5.40. The Morgan fingerprint density at radius 2 is 1.50 bits per heavy atom. The van der Waals surface area contributed by atoms with Crippen LogP contribution in [-0.4, -0.2) is 9.97 Å². The second-order valence-corrected chi connectivity index (χ2v) is 4.27. The van der Waals surface area contributed by atoms with E-state index in [1.807, 2.05) is 42.5 Å². The molecule has 2 aromatic carbocycles. The Balaban J connectivity index is 1.80. The summed E-state index contributed by atoms with van der Waals surface area (Å²) in [5.41, 5.74) is 7.86. The lowest BCUT2D eigenvalue weighted by Crippen LogP contribution is -1.94. The minimum atomic E-state index is 0.336. The van der Waals surface area contributed by atoms with E-state index >= 15 is 0 Å². The van der Waals surface area contributed by atoms with Crippen LogP contribution in [0.2, 0.25) is 0 Å². The van der Waals surface area contributed by atoms with Gasteiger partial charge in [-0.15, -0.1) is 0 Å². The molecule has 0 unspecified atom stereocenters. The Morgan fingerprint density at radius 3 is 2.20 bits per heavy atom. The fraction of sp³-hybridized carbons (Fsp3) is 0. The van der Waals surface area contributed by atoms with E-state index in [1.165, 1.54) is 18.0 Å². The molecule has 0 bridgehead atoms. The number of nitrogens with two attached hydrogens (primary N) is 1. The van der Waals surface area contributed by atoms with Gasteiger partial charge >= 0.3 is 0 Å². The summed E-state index contributed by atoms with van der Waals surface area (Å²) < 4.78 is 5.60. The number of rotatable bonds is 3. The summed E-state index contributed by atoms with van der Waals surface area (Å²) in [6.07, 6.45) is 3.01. The van der Waals surface area contributed by atoms with Crippen LogP contribution in [0.1, 0.15) is 0 Å². The van der Waals surface area contributed by atoms with Gasteiger partial charge in [0, 0.05) is 0 Å². The van der Waals surface area contributed by atoms with Gasteiger partial charge in [0.15, 0.2) is 0 Å². The lowest BCUT2D eigenvalue weighted by Gasteiger charge is -2.06. The van der Waals surface area contributed by atoms with Crippen LogP contribution in [0.15, 0.2) is 67.0 Å². The minimum Gasteiger partial charge on any atom is -0.437 e. The predicted octanol–water partition coefficient (Wildman–Crippen LogP) is 3.52.